The van der Waals surface area contributed by atoms with Crippen molar-refractivity contribution < 1.29 is 13.2 Å². The van der Waals surface area contributed by atoms with Crippen molar-refractivity contribution in [3.8, 4) is 11.6 Å². The van der Waals surface area contributed by atoms with E-state index < -0.39 is 10.0 Å². The van der Waals surface area contributed by atoms with Crippen molar-refractivity contribution in [2.24, 2.45) is 0 Å². The summed E-state index contributed by atoms with van der Waals surface area (Å²) >= 11 is 5.89. The second kappa shape index (κ2) is 10.3. The molecule has 2 N–H and O–H groups in total. The first-order valence-electron chi connectivity index (χ1n) is 12.4. The first kappa shape index (κ1) is 26.6. The molecule has 39 heavy (non-hydrogen) atoms. The highest BCUT2D eigenvalue weighted by Crippen LogP contribution is 2.45. The molecule has 1 aliphatic rings. The van der Waals surface area contributed by atoms with Crippen molar-refractivity contribution in [1.82, 2.24) is 19.9 Å². The van der Waals surface area contributed by atoms with E-state index in [1.165, 1.54) is 7.11 Å². The fourth-order valence-electron chi connectivity index (χ4n) is 5.20. The van der Waals surface area contributed by atoms with Crippen LogP contribution in [0.4, 0.5) is 11.4 Å². The summed E-state index contributed by atoms with van der Waals surface area (Å²) in [7, 11) is -2.05. The summed E-state index contributed by atoms with van der Waals surface area (Å²) in [6, 6.07) is 16.7. The molecule has 3 aromatic heterocycles. The molecule has 0 radical (unpaired) electrons. The Kier molecular flexibility index (Phi) is 7.04. The highest BCUT2D eigenvalue weighted by Gasteiger charge is 2.42. The van der Waals surface area contributed by atoms with E-state index in [1.807, 2.05) is 48.2 Å². The number of thiocarbonyl (C=S) groups is 1. The van der Waals surface area contributed by atoms with Gasteiger partial charge >= 0.3 is 0 Å². The lowest BCUT2D eigenvalue weighted by Crippen LogP contribution is -2.29. The molecule has 0 aliphatic carbocycles. The molecule has 5 rings (SSSR count). The van der Waals surface area contributed by atoms with Gasteiger partial charge in [0, 0.05) is 29.5 Å². The molecule has 0 unspecified atom stereocenters. The fraction of sp³-hybridized carbons (Fsp3) is 0.250. The number of nitrogens with zero attached hydrogens (tertiary/aromatic N) is 4. The standard InChI is InChI=1S/C28H30N6O3S2/c1-17-9-8-14-30-27(17)33-18(2)15-21(19(33)3)26-25(22-10-6-7-13-29-22)31-28(38)34(26)20-11-12-24(37-4)23(16-20)32-39(5,35)36/h6-16,25-26,32H,1-5H3,(H,31,38)/t25-,26+/m0/s1. The highest BCUT2D eigenvalue weighted by molar-refractivity contribution is 7.92. The second-order valence-electron chi connectivity index (χ2n) is 9.56. The number of methoxy groups -OCH3 is 1. The molecule has 1 aromatic carbocycles. The van der Waals surface area contributed by atoms with Gasteiger partial charge in [-0.3, -0.25) is 9.71 Å². The molecule has 0 saturated carbocycles. The van der Waals surface area contributed by atoms with Crippen LogP contribution in [0.3, 0.4) is 0 Å². The number of benzene rings is 1. The molecule has 11 heteroatoms. The lowest BCUT2D eigenvalue weighted by atomic mass is 9.96. The SMILES string of the molecule is COc1ccc(N2C(=S)N[C@@H](c3ccccn3)[C@H]2c2cc(C)n(-c3ncccc3C)c2C)cc1NS(C)(=O)=O. The van der Waals surface area contributed by atoms with Gasteiger partial charge in [0.1, 0.15) is 11.6 Å². The van der Waals surface area contributed by atoms with E-state index in [0.29, 0.717) is 22.2 Å². The van der Waals surface area contributed by atoms with Gasteiger partial charge in [-0.2, -0.15) is 0 Å². The van der Waals surface area contributed by atoms with Crippen molar-refractivity contribution in [3.05, 3.63) is 95.2 Å². The fourth-order valence-corrected chi connectivity index (χ4v) is 6.10. The van der Waals surface area contributed by atoms with Crippen LogP contribution in [0.25, 0.3) is 5.82 Å². The van der Waals surface area contributed by atoms with E-state index in [0.717, 1.165) is 40.3 Å². The van der Waals surface area contributed by atoms with Crippen LogP contribution in [0, 0.1) is 20.8 Å². The maximum Gasteiger partial charge on any atom is 0.229 e. The average molecular weight is 563 g/mol. The minimum atomic E-state index is -3.54. The van der Waals surface area contributed by atoms with Crippen molar-refractivity contribution >= 4 is 38.7 Å². The number of hydrogen-bond donors (Lipinski definition) is 2. The molecule has 1 aliphatic heterocycles. The average Bonchev–Trinajstić information content (AvgIpc) is 3.39. The van der Waals surface area contributed by atoms with E-state index in [9.17, 15) is 8.42 Å². The topological polar surface area (TPSA) is 101 Å². The van der Waals surface area contributed by atoms with Gasteiger partial charge in [-0.15, -0.1) is 0 Å². The quantitative estimate of drug-likeness (QED) is 0.311. The van der Waals surface area contributed by atoms with Gasteiger partial charge in [0.2, 0.25) is 10.0 Å². The Labute approximate surface area is 233 Å². The zero-order chi connectivity index (χ0) is 27.9. The molecule has 4 heterocycles. The number of aryl methyl sites for hydroxylation is 2. The lowest BCUT2D eigenvalue weighted by molar-refractivity contribution is 0.417. The highest BCUT2D eigenvalue weighted by atomic mass is 32.2. The number of hydrogen-bond acceptors (Lipinski definition) is 6. The van der Waals surface area contributed by atoms with E-state index in [-0.39, 0.29) is 12.1 Å². The Morgan fingerprint density at radius 1 is 1.03 bits per heavy atom. The van der Waals surface area contributed by atoms with Crippen LogP contribution in [-0.4, -0.2) is 41.4 Å². The Balaban J connectivity index is 1.69. The van der Waals surface area contributed by atoms with Gasteiger partial charge in [0.15, 0.2) is 5.11 Å². The van der Waals surface area contributed by atoms with Crippen molar-refractivity contribution in [3.63, 3.8) is 0 Å². The van der Waals surface area contributed by atoms with Crippen molar-refractivity contribution in [2.75, 3.05) is 23.0 Å². The van der Waals surface area contributed by atoms with Crippen LogP contribution >= 0.6 is 12.2 Å². The summed E-state index contributed by atoms with van der Waals surface area (Å²) in [4.78, 5) is 11.3. The Bertz CT molecular complexity index is 1650. The van der Waals surface area contributed by atoms with Gasteiger partial charge < -0.3 is 19.5 Å². The molecule has 4 aromatic rings. The third-order valence-electron chi connectivity index (χ3n) is 6.84. The summed E-state index contributed by atoms with van der Waals surface area (Å²) < 4.78 is 34.3. The van der Waals surface area contributed by atoms with Gasteiger partial charge in [0.25, 0.3) is 0 Å². The van der Waals surface area contributed by atoms with Gasteiger partial charge in [-0.1, -0.05) is 12.1 Å². The van der Waals surface area contributed by atoms with Crippen LogP contribution in [0.2, 0.25) is 0 Å². The minimum absolute atomic E-state index is 0.258. The van der Waals surface area contributed by atoms with Crippen LogP contribution in [0.15, 0.2) is 67.0 Å². The Morgan fingerprint density at radius 2 is 1.79 bits per heavy atom. The van der Waals surface area contributed by atoms with Gasteiger partial charge in [-0.05, 0) is 86.6 Å². The third-order valence-corrected chi connectivity index (χ3v) is 7.74. The number of pyridine rings is 2. The number of anilines is 2. The summed E-state index contributed by atoms with van der Waals surface area (Å²) in [5.41, 5.74) is 6.06. The summed E-state index contributed by atoms with van der Waals surface area (Å²) in [5.74, 6) is 1.28. The van der Waals surface area contributed by atoms with E-state index in [1.54, 1.807) is 24.5 Å². The summed E-state index contributed by atoms with van der Waals surface area (Å²) in [6.45, 7) is 6.19. The van der Waals surface area contributed by atoms with Gasteiger partial charge in [-0.25, -0.2) is 13.4 Å². The maximum absolute atomic E-state index is 12.1. The number of rotatable bonds is 7. The first-order valence-corrected chi connectivity index (χ1v) is 14.7. The predicted octanol–water partition coefficient (Wildman–Crippen LogP) is 4.75. The Morgan fingerprint density at radius 3 is 2.46 bits per heavy atom. The van der Waals surface area contributed by atoms with Crippen LogP contribution in [-0.2, 0) is 10.0 Å². The van der Waals surface area contributed by atoms with Crippen molar-refractivity contribution in [1.29, 1.82) is 0 Å². The number of ether oxygens (including phenoxy) is 1. The molecule has 0 amide bonds. The molecule has 0 spiro atoms. The van der Waals surface area contributed by atoms with E-state index >= 15 is 0 Å². The monoisotopic (exact) mass is 562 g/mol. The predicted molar refractivity (Wildman–Crippen MR) is 157 cm³/mol. The number of sulfonamides is 1. The zero-order valence-corrected chi connectivity index (χ0v) is 24.0. The van der Waals surface area contributed by atoms with Crippen LogP contribution < -0.4 is 19.7 Å². The van der Waals surface area contributed by atoms with Crippen molar-refractivity contribution in [2.45, 2.75) is 32.9 Å². The minimum Gasteiger partial charge on any atom is -0.495 e. The second-order valence-corrected chi connectivity index (χ2v) is 11.7. The molecular formula is C28H30N6O3S2. The molecular weight excluding hydrogens is 532 g/mol. The maximum atomic E-state index is 12.1. The molecule has 202 valence electrons. The van der Waals surface area contributed by atoms with Gasteiger partial charge in [0.05, 0.1) is 36.8 Å². The Hall–Kier alpha value is -3.96. The molecule has 0 bridgehead atoms. The first-order chi connectivity index (χ1) is 18.6. The molecule has 1 fully saturated rings. The van der Waals surface area contributed by atoms with Crippen LogP contribution in [0.1, 0.15) is 40.3 Å². The zero-order valence-electron chi connectivity index (χ0n) is 22.3. The molecule has 1 saturated heterocycles. The molecule has 9 nitrogen and oxygen atoms in total. The van der Waals surface area contributed by atoms with E-state index in [2.05, 4.69) is 44.5 Å². The number of aromatic nitrogens is 3. The largest absolute Gasteiger partial charge is 0.495 e. The third kappa shape index (κ3) is 5.07. The smallest absolute Gasteiger partial charge is 0.229 e. The summed E-state index contributed by atoms with van der Waals surface area (Å²) in [6.07, 6.45) is 4.67. The number of nitrogens with one attached hydrogen (secondary N) is 2. The normalized spacial score (nSPS) is 17.3. The van der Waals surface area contributed by atoms with Crippen LogP contribution in [0.5, 0.6) is 5.75 Å². The van der Waals surface area contributed by atoms with E-state index in [4.69, 9.17) is 17.0 Å². The lowest BCUT2D eigenvalue weighted by Gasteiger charge is -2.29. The molecule has 2 atom stereocenters. The summed E-state index contributed by atoms with van der Waals surface area (Å²) in [5, 5.41) is 3.98.